The summed E-state index contributed by atoms with van der Waals surface area (Å²) in [7, 11) is 0. The maximum absolute atomic E-state index is 12.5. The molecule has 2 aromatic rings. The zero-order valence-electron chi connectivity index (χ0n) is 11.1. The first kappa shape index (κ1) is 14.6. The molecule has 0 aromatic heterocycles. The fourth-order valence-electron chi connectivity index (χ4n) is 2.35. The van der Waals surface area contributed by atoms with Crippen molar-refractivity contribution in [1.82, 2.24) is 0 Å². The van der Waals surface area contributed by atoms with Crippen LogP contribution in [-0.4, -0.2) is 6.18 Å². The molecule has 0 spiro atoms. The Hall–Kier alpha value is -1.77. The first-order valence-corrected chi connectivity index (χ1v) is 6.70. The van der Waals surface area contributed by atoms with Crippen molar-refractivity contribution in [3.8, 4) is 0 Å². The summed E-state index contributed by atoms with van der Waals surface area (Å²) in [6.07, 6.45) is -4.06. The first-order valence-electron chi connectivity index (χ1n) is 6.70. The van der Waals surface area contributed by atoms with Gasteiger partial charge < -0.3 is 0 Å². The molecule has 3 heteroatoms. The van der Waals surface area contributed by atoms with E-state index in [1.54, 1.807) is 0 Å². The van der Waals surface area contributed by atoms with Gasteiger partial charge in [-0.15, -0.1) is 0 Å². The molecule has 0 aliphatic heterocycles. The van der Waals surface area contributed by atoms with Crippen LogP contribution in [0.25, 0.3) is 0 Å². The molecule has 0 amide bonds. The number of rotatable bonds is 5. The van der Waals surface area contributed by atoms with Crippen LogP contribution in [0.2, 0.25) is 0 Å². The Kier molecular flexibility index (Phi) is 4.83. The number of halogens is 3. The third-order valence-corrected chi connectivity index (χ3v) is 3.37. The lowest BCUT2D eigenvalue weighted by Crippen LogP contribution is -2.12. The summed E-state index contributed by atoms with van der Waals surface area (Å²) in [5, 5.41) is 0. The molecule has 0 aliphatic carbocycles. The lowest BCUT2D eigenvalue weighted by Gasteiger charge is -2.18. The molecule has 0 radical (unpaired) electrons. The van der Waals surface area contributed by atoms with Crippen LogP contribution in [0.15, 0.2) is 60.7 Å². The Balaban J connectivity index is 2.12. The van der Waals surface area contributed by atoms with Crippen molar-refractivity contribution in [1.29, 1.82) is 0 Å². The fraction of sp³-hybridized carbons (Fsp3) is 0.294. The molecule has 2 rings (SSSR count). The van der Waals surface area contributed by atoms with E-state index in [1.165, 1.54) is 0 Å². The van der Waals surface area contributed by atoms with Crippen LogP contribution in [0, 0.1) is 0 Å². The van der Waals surface area contributed by atoms with Gasteiger partial charge in [-0.2, -0.15) is 13.2 Å². The SMILES string of the molecule is FC(F)(F)CCC(Cc1ccccc1)c1ccccc1. The Morgan fingerprint density at radius 1 is 0.800 bits per heavy atom. The van der Waals surface area contributed by atoms with Gasteiger partial charge in [-0.25, -0.2) is 0 Å². The van der Waals surface area contributed by atoms with Crippen LogP contribution in [0.3, 0.4) is 0 Å². The molecular formula is C17H17F3. The van der Waals surface area contributed by atoms with Gasteiger partial charge >= 0.3 is 6.18 Å². The van der Waals surface area contributed by atoms with E-state index in [-0.39, 0.29) is 12.3 Å². The van der Waals surface area contributed by atoms with Crippen molar-refractivity contribution in [3.63, 3.8) is 0 Å². The highest BCUT2D eigenvalue weighted by molar-refractivity contribution is 5.24. The highest BCUT2D eigenvalue weighted by Crippen LogP contribution is 2.31. The van der Waals surface area contributed by atoms with Crippen molar-refractivity contribution in [2.24, 2.45) is 0 Å². The second kappa shape index (κ2) is 6.60. The second-order valence-corrected chi connectivity index (χ2v) is 4.95. The number of hydrogen-bond acceptors (Lipinski definition) is 0. The molecule has 0 aliphatic rings. The van der Waals surface area contributed by atoms with Crippen LogP contribution < -0.4 is 0 Å². The minimum absolute atomic E-state index is 0.0970. The molecule has 0 bridgehead atoms. The molecule has 1 atom stereocenters. The maximum Gasteiger partial charge on any atom is 0.389 e. The van der Waals surface area contributed by atoms with Crippen LogP contribution in [0.1, 0.15) is 29.9 Å². The third-order valence-electron chi connectivity index (χ3n) is 3.37. The molecule has 0 nitrogen and oxygen atoms in total. The van der Waals surface area contributed by atoms with Gasteiger partial charge in [0, 0.05) is 6.42 Å². The van der Waals surface area contributed by atoms with Gasteiger partial charge in [0.25, 0.3) is 0 Å². The van der Waals surface area contributed by atoms with E-state index in [0.29, 0.717) is 6.42 Å². The summed E-state index contributed by atoms with van der Waals surface area (Å²) in [4.78, 5) is 0. The summed E-state index contributed by atoms with van der Waals surface area (Å²) >= 11 is 0. The van der Waals surface area contributed by atoms with Crippen LogP contribution in [0.5, 0.6) is 0 Å². The molecule has 2 aromatic carbocycles. The van der Waals surface area contributed by atoms with Crippen LogP contribution >= 0.6 is 0 Å². The maximum atomic E-state index is 12.5. The Labute approximate surface area is 117 Å². The summed E-state index contributed by atoms with van der Waals surface area (Å²) in [5.74, 6) is -0.0970. The van der Waals surface area contributed by atoms with E-state index < -0.39 is 12.6 Å². The smallest absolute Gasteiger partial charge is 0.171 e. The van der Waals surface area contributed by atoms with E-state index in [4.69, 9.17) is 0 Å². The summed E-state index contributed by atoms with van der Waals surface area (Å²) in [6.45, 7) is 0. The number of benzene rings is 2. The molecule has 0 fully saturated rings. The van der Waals surface area contributed by atoms with Crippen molar-refractivity contribution in [3.05, 3.63) is 71.8 Å². The zero-order valence-corrected chi connectivity index (χ0v) is 11.1. The summed E-state index contributed by atoms with van der Waals surface area (Å²) in [5.41, 5.74) is 2.05. The van der Waals surface area contributed by atoms with E-state index in [2.05, 4.69) is 0 Å². The standard InChI is InChI=1S/C17H17F3/c18-17(19,20)12-11-16(15-9-5-2-6-10-15)13-14-7-3-1-4-8-14/h1-10,16H,11-13H2. The largest absolute Gasteiger partial charge is 0.389 e. The highest BCUT2D eigenvalue weighted by atomic mass is 19.4. The Morgan fingerprint density at radius 3 is 1.90 bits per heavy atom. The van der Waals surface area contributed by atoms with E-state index in [9.17, 15) is 13.2 Å². The van der Waals surface area contributed by atoms with Gasteiger partial charge in [-0.3, -0.25) is 0 Å². The van der Waals surface area contributed by atoms with Gasteiger partial charge in [-0.05, 0) is 29.9 Å². The van der Waals surface area contributed by atoms with Crippen molar-refractivity contribution in [2.45, 2.75) is 31.4 Å². The molecule has 1 unspecified atom stereocenters. The van der Waals surface area contributed by atoms with Crippen molar-refractivity contribution >= 4 is 0 Å². The molecule has 20 heavy (non-hydrogen) atoms. The van der Waals surface area contributed by atoms with Gasteiger partial charge in [0.05, 0.1) is 0 Å². The van der Waals surface area contributed by atoms with E-state index in [0.717, 1.165) is 11.1 Å². The number of alkyl halides is 3. The lowest BCUT2D eigenvalue weighted by atomic mass is 9.88. The van der Waals surface area contributed by atoms with Gasteiger partial charge in [0.2, 0.25) is 0 Å². The first-order chi connectivity index (χ1) is 9.54. The topological polar surface area (TPSA) is 0 Å². The predicted molar refractivity (Wildman–Crippen MR) is 74.6 cm³/mol. The summed E-state index contributed by atoms with van der Waals surface area (Å²) in [6, 6.07) is 19.1. The zero-order chi connectivity index (χ0) is 14.4. The van der Waals surface area contributed by atoms with Gasteiger partial charge in [0.1, 0.15) is 0 Å². The van der Waals surface area contributed by atoms with Gasteiger partial charge in [0.15, 0.2) is 0 Å². The third kappa shape index (κ3) is 4.72. The quantitative estimate of drug-likeness (QED) is 0.691. The minimum atomic E-state index is -4.09. The van der Waals surface area contributed by atoms with Crippen molar-refractivity contribution in [2.75, 3.05) is 0 Å². The van der Waals surface area contributed by atoms with Crippen LogP contribution in [0.4, 0.5) is 13.2 Å². The predicted octanol–water partition coefficient (Wildman–Crippen LogP) is 5.36. The number of hydrogen-bond donors (Lipinski definition) is 0. The van der Waals surface area contributed by atoms with Crippen LogP contribution in [-0.2, 0) is 6.42 Å². The summed E-state index contributed by atoms with van der Waals surface area (Å²) < 4.78 is 37.4. The fourth-order valence-corrected chi connectivity index (χ4v) is 2.35. The normalized spacial score (nSPS) is 13.2. The van der Waals surface area contributed by atoms with Gasteiger partial charge in [-0.1, -0.05) is 60.7 Å². The van der Waals surface area contributed by atoms with E-state index in [1.807, 2.05) is 60.7 Å². The Morgan fingerprint density at radius 2 is 1.35 bits per heavy atom. The molecule has 106 valence electrons. The molecular weight excluding hydrogens is 261 g/mol. The van der Waals surface area contributed by atoms with Crippen molar-refractivity contribution < 1.29 is 13.2 Å². The monoisotopic (exact) mass is 278 g/mol. The Bertz CT molecular complexity index is 503. The molecule has 0 N–H and O–H groups in total. The van der Waals surface area contributed by atoms with E-state index >= 15 is 0 Å². The molecule has 0 saturated carbocycles. The lowest BCUT2D eigenvalue weighted by molar-refractivity contribution is -0.136. The highest BCUT2D eigenvalue weighted by Gasteiger charge is 2.28. The average Bonchev–Trinajstić information content (AvgIpc) is 2.44. The second-order valence-electron chi connectivity index (χ2n) is 4.95. The molecule has 0 heterocycles. The average molecular weight is 278 g/mol. The molecule has 0 saturated heterocycles. The minimum Gasteiger partial charge on any atom is -0.171 e.